The van der Waals surface area contributed by atoms with Crippen LogP contribution in [0.25, 0.3) is 0 Å². The molecule has 0 unspecified atom stereocenters. The summed E-state index contributed by atoms with van der Waals surface area (Å²) in [6.45, 7) is 9.17. The van der Waals surface area contributed by atoms with Gasteiger partial charge in [0.05, 0.1) is 13.1 Å². The van der Waals surface area contributed by atoms with Crippen molar-refractivity contribution in [2.75, 3.05) is 25.0 Å². The molecular formula is C26H33N5O2. The summed E-state index contributed by atoms with van der Waals surface area (Å²) in [5.74, 6) is 1.12. The molecule has 174 valence electrons. The quantitative estimate of drug-likeness (QED) is 0.601. The minimum absolute atomic E-state index is 0.0137. The van der Waals surface area contributed by atoms with Crippen molar-refractivity contribution in [2.45, 2.75) is 52.6 Å². The van der Waals surface area contributed by atoms with Gasteiger partial charge in [-0.25, -0.2) is 9.48 Å². The number of nitrogens with one attached hydrogen (secondary N) is 1. The normalized spacial score (nSPS) is 15.0. The fraction of sp³-hybridized carbons (Fsp3) is 0.423. The van der Waals surface area contributed by atoms with Crippen molar-refractivity contribution >= 4 is 11.6 Å². The molecule has 0 radical (unpaired) electrons. The standard InChI is InChI=1S/C26H33N5O2/c1-4-30-25(28-31(26(30)33)17-21-10-6-5-7-11-21)22-13-15-29(16-14-22)18-24(32)27-23-12-8-9-19(2)20(23)3/h5-12,22H,4,13-18H2,1-3H3,(H,27,32). The Morgan fingerprint density at radius 3 is 2.48 bits per heavy atom. The van der Waals surface area contributed by atoms with Gasteiger partial charge in [-0.1, -0.05) is 42.5 Å². The first kappa shape index (κ1) is 23.0. The highest BCUT2D eigenvalue weighted by Crippen LogP contribution is 2.26. The van der Waals surface area contributed by atoms with Crippen LogP contribution in [0.4, 0.5) is 5.69 Å². The SMILES string of the molecule is CCn1c(C2CCN(CC(=O)Nc3cccc(C)c3C)CC2)nn(Cc2ccccc2)c1=O. The lowest BCUT2D eigenvalue weighted by Crippen LogP contribution is -2.39. The van der Waals surface area contributed by atoms with E-state index in [1.807, 2.05) is 69.3 Å². The van der Waals surface area contributed by atoms with Gasteiger partial charge < -0.3 is 5.32 Å². The molecule has 7 heteroatoms. The fourth-order valence-corrected chi connectivity index (χ4v) is 4.55. The number of hydrogen-bond donors (Lipinski definition) is 1. The first-order valence-corrected chi connectivity index (χ1v) is 11.8. The Labute approximate surface area is 195 Å². The Morgan fingerprint density at radius 2 is 1.79 bits per heavy atom. The molecular weight excluding hydrogens is 414 g/mol. The molecule has 33 heavy (non-hydrogen) atoms. The van der Waals surface area contributed by atoms with Crippen LogP contribution in [0.3, 0.4) is 0 Å². The van der Waals surface area contributed by atoms with Crippen molar-refractivity contribution in [1.82, 2.24) is 19.2 Å². The van der Waals surface area contributed by atoms with E-state index < -0.39 is 0 Å². The highest BCUT2D eigenvalue weighted by atomic mass is 16.2. The Morgan fingerprint density at radius 1 is 1.06 bits per heavy atom. The summed E-state index contributed by atoms with van der Waals surface area (Å²) in [6.07, 6.45) is 1.77. The molecule has 4 rings (SSSR count). The van der Waals surface area contributed by atoms with E-state index in [0.29, 0.717) is 19.6 Å². The summed E-state index contributed by atoms with van der Waals surface area (Å²) in [6, 6.07) is 15.9. The van der Waals surface area contributed by atoms with Gasteiger partial charge in [-0.05, 0) is 69.5 Å². The fourth-order valence-electron chi connectivity index (χ4n) is 4.55. The first-order chi connectivity index (χ1) is 16.0. The Balaban J connectivity index is 1.37. The van der Waals surface area contributed by atoms with Gasteiger partial charge in [-0.2, -0.15) is 5.10 Å². The summed E-state index contributed by atoms with van der Waals surface area (Å²) < 4.78 is 3.38. The molecule has 1 fully saturated rings. The van der Waals surface area contributed by atoms with Crippen LogP contribution in [0.15, 0.2) is 53.3 Å². The highest BCUT2D eigenvalue weighted by Gasteiger charge is 2.27. The number of aromatic nitrogens is 3. The zero-order valence-corrected chi connectivity index (χ0v) is 19.8. The molecule has 7 nitrogen and oxygen atoms in total. The number of rotatable bonds is 7. The smallest absolute Gasteiger partial charge is 0.325 e. The lowest BCUT2D eigenvalue weighted by Gasteiger charge is -2.31. The molecule has 3 aromatic rings. The molecule has 1 aromatic heterocycles. The van der Waals surface area contributed by atoms with Crippen molar-refractivity contribution in [1.29, 1.82) is 0 Å². The monoisotopic (exact) mass is 447 g/mol. The maximum atomic E-state index is 12.9. The van der Waals surface area contributed by atoms with E-state index in [0.717, 1.165) is 48.6 Å². The summed E-state index contributed by atoms with van der Waals surface area (Å²) in [5.41, 5.74) is 4.17. The topological polar surface area (TPSA) is 72.2 Å². The van der Waals surface area contributed by atoms with Gasteiger partial charge in [-0.15, -0.1) is 0 Å². The van der Waals surface area contributed by atoms with E-state index in [9.17, 15) is 9.59 Å². The molecule has 0 bridgehead atoms. The van der Waals surface area contributed by atoms with Crippen LogP contribution < -0.4 is 11.0 Å². The third kappa shape index (κ3) is 5.25. The van der Waals surface area contributed by atoms with E-state index in [2.05, 4.69) is 10.2 Å². The average Bonchev–Trinajstić information content (AvgIpc) is 3.13. The largest absolute Gasteiger partial charge is 0.346 e. The maximum Gasteiger partial charge on any atom is 0.346 e. The first-order valence-electron chi connectivity index (χ1n) is 11.8. The molecule has 1 aliphatic rings. The molecule has 1 amide bonds. The lowest BCUT2D eigenvalue weighted by molar-refractivity contribution is -0.117. The van der Waals surface area contributed by atoms with Gasteiger partial charge in [0.15, 0.2) is 0 Å². The molecule has 0 aliphatic carbocycles. The van der Waals surface area contributed by atoms with Crippen molar-refractivity contribution in [3.8, 4) is 0 Å². The average molecular weight is 448 g/mol. The highest BCUT2D eigenvalue weighted by molar-refractivity contribution is 5.93. The number of carbonyl (C=O) groups is 1. The number of nitrogens with zero attached hydrogens (tertiary/aromatic N) is 4. The predicted octanol–water partition coefficient (Wildman–Crippen LogP) is 3.55. The van der Waals surface area contributed by atoms with Crippen LogP contribution in [0, 0.1) is 13.8 Å². The van der Waals surface area contributed by atoms with Crippen LogP contribution in [-0.2, 0) is 17.9 Å². The number of hydrogen-bond acceptors (Lipinski definition) is 4. The Hall–Kier alpha value is -3.19. The van der Waals surface area contributed by atoms with E-state index in [-0.39, 0.29) is 17.5 Å². The summed E-state index contributed by atoms with van der Waals surface area (Å²) in [4.78, 5) is 27.7. The third-order valence-electron chi connectivity index (χ3n) is 6.64. The van der Waals surface area contributed by atoms with Gasteiger partial charge in [0.1, 0.15) is 5.82 Å². The van der Waals surface area contributed by atoms with E-state index in [1.54, 1.807) is 9.25 Å². The molecule has 2 aromatic carbocycles. The van der Waals surface area contributed by atoms with Gasteiger partial charge >= 0.3 is 5.69 Å². The molecule has 1 saturated heterocycles. The number of carbonyl (C=O) groups excluding carboxylic acids is 1. The zero-order valence-electron chi connectivity index (χ0n) is 19.8. The number of anilines is 1. The maximum absolute atomic E-state index is 12.9. The van der Waals surface area contributed by atoms with Crippen molar-refractivity contribution in [2.24, 2.45) is 0 Å². The van der Waals surface area contributed by atoms with E-state index in [4.69, 9.17) is 5.10 Å². The van der Waals surface area contributed by atoms with Gasteiger partial charge in [0, 0.05) is 18.2 Å². The minimum atomic E-state index is -0.0494. The second-order valence-corrected chi connectivity index (χ2v) is 8.87. The molecule has 0 atom stereocenters. The number of benzene rings is 2. The third-order valence-corrected chi connectivity index (χ3v) is 6.64. The van der Waals surface area contributed by atoms with Crippen LogP contribution in [0.5, 0.6) is 0 Å². The van der Waals surface area contributed by atoms with Gasteiger partial charge in [0.2, 0.25) is 5.91 Å². The minimum Gasteiger partial charge on any atom is -0.325 e. The van der Waals surface area contributed by atoms with Crippen molar-refractivity contribution in [3.63, 3.8) is 0 Å². The lowest BCUT2D eigenvalue weighted by atomic mass is 9.96. The molecule has 1 aliphatic heterocycles. The molecule has 0 spiro atoms. The number of piperidine rings is 1. The van der Waals surface area contributed by atoms with Gasteiger partial charge in [-0.3, -0.25) is 14.3 Å². The summed E-state index contributed by atoms with van der Waals surface area (Å²) in [7, 11) is 0. The van der Waals surface area contributed by atoms with Crippen LogP contribution in [0.1, 0.15) is 48.2 Å². The predicted molar refractivity (Wildman–Crippen MR) is 131 cm³/mol. The van der Waals surface area contributed by atoms with E-state index in [1.165, 1.54) is 5.56 Å². The van der Waals surface area contributed by atoms with Crippen molar-refractivity contribution < 1.29 is 4.79 Å². The summed E-state index contributed by atoms with van der Waals surface area (Å²) in [5, 5.41) is 7.78. The zero-order chi connectivity index (χ0) is 23.4. The second-order valence-electron chi connectivity index (χ2n) is 8.87. The van der Waals surface area contributed by atoms with E-state index >= 15 is 0 Å². The second kappa shape index (κ2) is 10.2. The molecule has 1 N–H and O–H groups in total. The number of amides is 1. The molecule has 0 saturated carbocycles. The van der Waals surface area contributed by atoms with Crippen molar-refractivity contribution in [3.05, 3.63) is 81.5 Å². The summed E-state index contributed by atoms with van der Waals surface area (Å²) >= 11 is 0. The van der Waals surface area contributed by atoms with Gasteiger partial charge in [0.25, 0.3) is 0 Å². The number of likely N-dealkylation sites (tertiary alicyclic amines) is 1. The van der Waals surface area contributed by atoms with Crippen LogP contribution >= 0.6 is 0 Å². The van der Waals surface area contributed by atoms with Crippen LogP contribution in [0.2, 0.25) is 0 Å². The molecule has 2 heterocycles. The Kier molecular flexibility index (Phi) is 7.08. The number of aryl methyl sites for hydroxylation is 1. The Bertz CT molecular complexity index is 1160. The van der Waals surface area contributed by atoms with Crippen LogP contribution in [-0.4, -0.2) is 44.8 Å².